The van der Waals surface area contributed by atoms with Gasteiger partial charge in [-0.3, -0.25) is 9.78 Å². The van der Waals surface area contributed by atoms with Gasteiger partial charge in [0.2, 0.25) is 5.91 Å². The molecule has 3 aromatic heterocycles. The molecule has 0 radical (unpaired) electrons. The fraction of sp³-hybridized carbons (Fsp3) is 0.240. The third-order valence-electron chi connectivity index (χ3n) is 5.46. The second kappa shape index (κ2) is 9.51. The van der Waals surface area contributed by atoms with Gasteiger partial charge < -0.3 is 19.2 Å². The van der Waals surface area contributed by atoms with Gasteiger partial charge in [0, 0.05) is 49.7 Å². The Hall–Kier alpha value is -3.87. The maximum atomic E-state index is 13.0. The maximum absolute atomic E-state index is 13.0. The molecule has 1 aromatic carbocycles. The molecule has 1 amide bonds. The first-order chi connectivity index (χ1) is 15.6. The second-order valence-corrected chi connectivity index (χ2v) is 7.65. The molecular weight excluding hydrogens is 404 g/mol. The number of carbonyl (C=O) groups excluding carboxylic acids is 1. The highest BCUT2D eigenvalue weighted by atomic mass is 16.5. The van der Waals surface area contributed by atoms with E-state index in [0.29, 0.717) is 18.0 Å². The van der Waals surface area contributed by atoms with Crippen molar-refractivity contribution in [1.29, 1.82) is 0 Å². The summed E-state index contributed by atoms with van der Waals surface area (Å²) < 4.78 is 13.0. The normalized spacial score (nSPS) is 11.8. The number of aromatic nitrogens is 3. The van der Waals surface area contributed by atoms with Crippen LogP contribution in [0.3, 0.4) is 0 Å². The summed E-state index contributed by atoms with van der Waals surface area (Å²) >= 11 is 0. The maximum Gasteiger partial charge on any atom is 0.221 e. The average Bonchev–Trinajstić information content (AvgIpc) is 3.24. The third-order valence-corrected chi connectivity index (χ3v) is 5.46. The first kappa shape index (κ1) is 21.4. The zero-order chi connectivity index (χ0) is 22.5. The van der Waals surface area contributed by atoms with Gasteiger partial charge in [-0.15, -0.1) is 0 Å². The number of hydrogen-bond donors (Lipinski definition) is 1. The number of nitrogens with one attached hydrogen (secondary N) is 1. The molecule has 0 aliphatic heterocycles. The quantitative estimate of drug-likeness (QED) is 0.459. The predicted molar refractivity (Wildman–Crippen MR) is 122 cm³/mol. The molecule has 0 aliphatic rings. The van der Waals surface area contributed by atoms with E-state index in [1.807, 2.05) is 66.2 Å². The highest BCUT2D eigenvalue weighted by Gasteiger charge is 2.23. The van der Waals surface area contributed by atoms with Crippen LogP contribution in [0.2, 0.25) is 0 Å². The Morgan fingerprint density at radius 3 is 2.47 bits per heavy atom. The molecule has 7 heteroatoms. The fourth-order valence-electron chi connectivity index (χ4n) is 3.74. The average molecular weight is 431 g/mol. The lowest BCUT2D eigenvalue weighted by molar-refractivity contribution is -0.121. The van der Waals surface area contributed by atoms with Crippen LogP contribution in [0.5, 0.6) is 11.5 Å². The summed E-state index contributed by atoms with van der Waals surface area (Å²) in [6, 6.07) is 13.5. The van der Waals surface area contributed by atoms with Crippen LogP contribution >= 0.6 is 0 Å². The monoisotopic (exact) mass is 430 g/mol. The highest BCUT2D eigenvalue weighted by Crippen LogP contribution is 2.34. The highest BCUT2D eigenvalue weighted by molar-refractivity contribution is 5.77. The fourth-order valence-corrected chi connectivity index (χ4v) is 3.74. The summed E-state index contributed by atoms with van der Waals surface area (Å²) in [6.45, 7) is 2.48. The Labute approximate surface area is 187 Å². The summed E-state index contributed by atoms with van der Waals surface area (Å²) in [5, 5.41) is 3.02. The standard InChI is InChI=1S/C25H26N4O3/c1-17-6-9-29-23(16-27-24(29)10-17)22(19-11-20(31-2)13-21(12-19)32-3)14-25(30)28-15-18-4-7-26-8-5-18/h4-13,16,22H,14-15H2,1-3H3,(H,28,30). The number of benzene rings is 1. The van der Waals surface area contributed by atoms with Crippen LogP contribution in [0.25, 0.3) is 5.65 Å². The molecule has 0 fully saturated rings. The number of nitrogens with zero attached hydrogens (tertiary/aromatic N) is 3. The molecule has 0 bridgehead atoms. The number of rotatable bonds is 8. The Kier molecular flexibility index (Phi) is 6.35. The number of carbonyl (C=O) groups is 1. The molecule has 4 aromatic rings. The Bertz CT molecular complexity index is 1200. The van der Waals surface area contributed by atoms with Gasteiger partial charge in [0.1, 0.15) is 17.1 Å². The van der Waals surface area contributed by atoms with Crippen LogP contribution in [0, 0.1) is 6.92 Å². The zero-order valence-corrected chi connectivity index (χ0v) is 18.4. The minimum atomic E-state index is -0.242. The van der Waals surface area contributed by atoms with Gasteiger partial charge in [0.05, 0.1) is 19.9 Å². The van der Waals surface area contributed by atoms with Crippen LogP contribution < -0.4 is 14.8 Å². The van der Waals surface area contributed by atoms with E-state index in [4.69, 9.17) is 9.47 Å². The van der Waals surface area contributed by atoms with E-state index in [1.54, 1.807) is 26.6 Å². The van der Waals surface area contributed by atoms with Gasteiger partial charge in [-0.25, -0.2) is 4.98 Å². The Balaban J connectivity index is 1.69. The zero-order valence-electron chi connectivity index (χ0n) is 18.4. The first-order valence-electron chi connectivity index (χ1n) is 10.4. The topological polar surface area (TPSA) is 77.8 Å². The second-order valence-electron chi connectivity index (χ2n) is 7.65. The molecule has 164 valence electrons. The number of amides is 1. The molecule has 0 spiro atoms. The summed E-state index contributed by atoms with van der Waals surface area (Å²) in [5.41, 5.74) is 4.82. The van der Waals surface area contributed by atoms with Gasteiger partial charge in [0.15, 0.2) is 0 Å². The minimum Gasteiger partial charge on any atom is -0.497 e. The predicted octanol–water partition coefficient (Wildman–Crippen LogP) is 3.89. The van der Waals surface area contributed by atoms with Gasteiger partial charge in [-0.2, -0.15) is 0 Å². The van der Waals surface area contributed by atoms with Crippen molar-refractivity contribution in [3.05, 3.63) is 89.6 Å². The van der Waals surface area contributed by atoms with Crippen LogP contribution in [0.15, 0.2) is 67.3 Å². The van der Waals surface area contributed by atoms with Gasteiger partial charge in [-0.05, 0) is 60.0 Å². The summed E-state index contributed by atoms with van der Waals surface area (Å²) in [7, 11) is 3.23. The van der Waals surface area contributed by atoms with Gasteiger partial charge in [0.25, 0.3) is 0 Å². The van der Waals surface area contributed by atoms with Crippen LogP contribution in [-0.2, 0) is 11.3 Å². The molecule has 1 unspecified atom stereocenters. The number of imidazole rings is 1. The molecule has 0 aliphatic carbocycles. The third kappa shape index (κ3) is 4.72. The van der Waals surface area contributed by atoms with Crippen molar-refractivity contribution in [2.75, 3.05) is 14.2 Å². The molecule has 1 atom stereocenters. The molecular formula is C25H26N4O3. The number of hydrogen-bond acceptors (Lipinski definition) is 5. The Morgan fingerprint density at radius 2 is 1.78 bits per heavy atom. The largest absolute Gasteiger partial charge is 0.497 e. The van der Waals surface area contributed by atoms with E-state index in [0.717, 1.165) is 28.0 Å². The molecule has 32 heavy (non-hydrogen) atoms. The van der Waals surface area contributed by atoms with Crippen LogP contribution in [-0.4, -0.2) is 34.5 Å². The van der Waals surface area contributed by atoms with E-state index in [9.17, 15) is 4.79 Å². The van der Waals surface area contributed by atoms with Crippen molar-refractivity contribution < 1.29 is 14.3 Å². The number of fused-ring (bicyclic) bond motifs is 1. The summed E-state index contributed by atoms with van der Waals surface area (Å²) in [6.07, 6.45) is 7.51. The van der Waals surface area contributed by atoms with Crippen molar-refractivity contribution in [3.63, 3.8) is 0 Å². The summed E-state index contributed by atoms with van der Waals surface area (Å²) in [5.74, 6) is 1.04. The lowest BCUT2D eigenvalue weighted by Crippen LogP contribution is -2.25. The van der Waals surface area contributed by atoms with Crippen molar-refractivity contribution in [2.45, 2.75) is 25.8 Å². The molecule has 1 N–H and O–H groups in total. The number of ether oxygens (including phenoxy) is 2. The molecule has 3 heterocycles. The van der Waals surface area contributed by atoms with E-state index in [2.05, 4.69) is 15.3 Å². The van der Waals surface area contributed by atoms with E-state index in [-0.39, 0.29) is 18.2 Å². The van der Waals surface area contributed by atoms with Crippen molar-refractivity contribution in [2.24, 2.45) is 0 Å². The summed E-state index contributed by atoms with van der Waals surface area (Å²) in [4.78, 5) is 21.6. The molecule has 4 rings (SSSR count). The SMILES string of the molecule is COc1cc(OC)cc(C(CC(=O)NCc2ccncc2)c2cnc3cc(C)ccn23)c1. The van der Waals surface area contributed by atoms with E-state index < -0.39 is 0 Å². The smallest absolute Gasteiger partial charge is 0.221 e. The van der Waals surface area contributed by atoms with Crippen molar-refractivity contribution >= 4 is 11.6 Å². The van der Waals surface area contributed by atoms with Gasteiger partial charge in [-0.1, -0.05) is 0 Å². The van der Waals surface area contributed by atoms with Crippen LogP contribution in [0.4, 0.5) is 0 Å². The lowest BCUT2D eigenvalue weighted by Gasteiger charge is -2.19. The van der Waals surface area contributed by atoms with Crippen molar-refractivity contribution in [1.82, 2.24) is 19.7 Å². The lowest BCUT2D eigenvalue weighted by atomic mass is 9.91. The Morgan fingerprint density at radius 1 is 1.06 bits per heavy atom. The van der Waals surface area contributed by atoms with Crippen LogP contribution in [0.1, 0.15) is 34.7 Å². The first-order valence-corrected chi connectivity index (χ1v) is 10.4. The number of pyridine rings is 2. The molecule has 0 saturated heterocycles. The number of aryl methyl sites for hydroxylation is 1. The van der Waals surface area contributed by atoms with E-state index >= 15 is 0 Å². The van der Waals surface area contributed by atoms with Crippen molar-refractivity contribution in [3.8, 4) is 11.5 Å². The van der Waals surface area contributed by atoms with E-state index in [1.165, 1.54) is 0 Å². The number of methoxy groups -OCH3 is 2. The van der Waals surface area contributed by atoms with Gasteiger partial charge >= 0.3 is 0 Å². The molecule has 7 nitrogen and oxygen atoms in total. The molecule has 0 saturated carbocycles. The minimum absolute atomic E-state index is 0.0596.